The molecular formula is C52H106N2O. The summed E-state index contributed by atoms with van der Waals surface area (Å²) in [5.41, 5.74) is 0. The fourth-order valence-corrected chi connectivity index (χ4v) is 8.53. The van der Waals surface area contributed by atoms with Crippen LogP contribution in [-0.2, 0) is 4.79 Å². The number of hydrogen-bond donors (Lipinski definition) is 0. The molecule has 0 atom stereocenters. The maximum atomic E-state index is 13.7. The lowest BCUT2D eigenvalue weighted by Gasteiger charge is -2.25. The van der Waals surface area contributed by atoms with Crippen molar-refractivity contribution in [3.05, 3.63) is 0 Å². The minimum Gasteiger partial charge on any atom is -0.343 e. The van der Waals surface area contributed by atoms with Gasteiger partial charge in [0.2, 0.25) is 5.91 Å². The Labute approximate surface area is 349 Å². The highest BCUT2D eigenvalue weighted by Crippen LogP contribution is 2.16. The van der Waals surface area contributed by atoms with Crippen molar-refractivity contribution in [1.29, 1.82) is 0 Å². The summed E-state index contributed by atoms with van der Waals surface area (Å²) in [6.45, 7) is 14.8. The molecule has 3 heteroatoms. The van der Waals surface area contributed by atoms with Crippen LogP contribution in [0, 0.1) is 0 Å². The average Bonchev–Trinajstić information content (AvgIpc) is 3.19. The third kappa shape index (κ3) is 42.8. The Morgan fingerprint density at radius 2 is 0.455 bits per heavy atom. The van der Waals surface area contributed by atoms with E-state index in [2.05, 4.69) is 37.5 Å². The highest BCUT2D eigenvalue weighted by Gasteiger charge is 2.14. The lowest BCUT2D eigenvalue weighted by molar-refractivity contribution is -0.131. The van der Waals surface area contributed by atoms with Crippen molar-refractivity contribution < 1.29 is 4.79 Å². The van der Waals surface area contributed by atoms with Gasteiger partial charge in [0.15, 0.2) is 0 Å². The molecule has 0 saturated heterocycles. The summed E-state index contributed by atoms with van der Waals surface area (Å²) >= 11 is 0. The number of amides is 1. The van der Waals surface area contributed by atoms with E-state index in [1.165, 1.54) is 270 Å². The van der Waals surface area contributed by atoms with E-state index in [4.69, 9.17) is 0 Å². The molecule has 1 amide bonds. The van der Waals surface area contributed by atoms with Crippen LogP contribution in [-0.4, -0.2) is 48.4 Å². The molecule has 0 aliphatic rings. The van der Waals surface area contributed by atoms with E-state index < -0.39 is 0 Å². The van der Waals surface area contributed by atoms with E-state index in [1.54, 1.807) is 0 Å². The third-order valence-electron chi connectivity index (χ3n) is 12.4. The molecule has 55 heavy (non-hydrogen) atoms. The normalized spacial score (nSPS) is 11.7. The van der Waals surface area contributed by atoms with Crippen LogP contribution in [0.2, 0.25) is 0 Å². The van der Waals surface area contributed by atoms with Crippen molar-refractivity contribution in [2.75, 3.05) is 32.7 Å². The Morgan fingerprint density at radius 3 is 0.709 bits per heavy atom. The molecule has 0 unspecified atom stereocenters. The monoisotopic (exact) mass is 775 g/mol. The fraction of sp³-hybridized carbons (Fsp3) is 0.981. The number of carbonyl (C=O) groups excluding carboxylic acids is 1. The highest BCUT2D eigenvalue weighted by atomic mass is 16.2. The Hall–Kier alpha value is -0.570. The van der Waals surface area contributed by atoms with Gasteiger partial charge in [-0.1, -0.05) is 259 Å². The lowest BCUT2D eigenvalue weighted by Crippen LogP contribution is -2.34. The van der Waals surface area contributed by atoms with Crippen molar-refractivity contribution in [2.24, 2.45) is 0 Å². The molecule has 0 N–H and O–H groups in total. The van der Waals surface area contributed by atoms with Crippen molar-refractivity contribution in [3.63, 3.8) is 0 Å². The summed E-state index contributed by atoms with van der Waals surface area (Å²) in [5, 5.41) is 0. The minimum absolute atomic E-state index is 0.449. The van der Waals surface area contributed by atoms with Crippen molar-refractivity contribution in [2.45, 2.75) is 297 Å². The van der Waals surface area contributed by atoms with E-state index in [0.29, 0.717) is 5.91 Å². The molecule has 0 aliphatic heterocycles. The third-order valence-corrected chi connectivity index (χ3v) is 12.4. The smallest absolute Gasteiger partial charge is 0.222 e. The SMILES string of the molecule is CCCCCCCCCCCCN(CCCCCCCCCCCC)CCCC(=O)N(CCCCCCCCCCCC)CCCCCCCCCCCC. The van der Waals surface area contributed by atoms with Crippen LogP contribution in [0.15, 0.2) is 0 Å². The second-order valence-electron chi connectivity index (χ2n) is 18.1. The van der Waals surface area contributed by atoms with Crippen LogP contribution in [0.4, 0.5) is 0 Å². The summed E-state index contributed by atoms with van der Waals surface area (Å²) in [7, 11) is 0. The average molecular weight is 775 g/mol. The second kappa shape index (κ2) is 47.8. The highest BCUT2D eigenvalue weighted by molar-refractivity contribution is 5.76. The molecule has 0 spiro atoms. The zero-order valence-corrected chi connectivity index (χ0v) is 39.0. The maximum Gasteiger partial charge on any atom is 0.222 e. The van der Waals surface area contributed by atoms with E-state index in [0.717, 1.165) is 32.5 Å². The van der Waals surface area contributed by atoms with Gasteiger partial charge >= 0.3 is 0 Å². The van der Waals surface area contributed by atoms with Crippen molar-refractivity contribution >= 4 is 5.91 Å². The molecule has 0 saturated carbocycles. The van der Waals surface area contributed by atoms with Crippen LogP contribution in [0.3, 0.4) is 0 Å². The van der Waals surface area contributed by atoms with Gasteiger partial charge < -0.3 is 9.80 Å². The maximum absolute atomic E-state index is 13.7. The zero-order valence-electron chi connectivity index (χ0n) is 39.0. The van der Waals surface area contributed by atoms with Crippen molar-refractivity contribution in [3.8, 4) is 0 Å². The van der Waals surface area contributed by atoms with Crippen LogP contribution >= 0.6 is 0 Å². The van der Waals surface area contributed by atoms with E-state index in [9.17, 15) is 4.79 Å². The minimum atomic E-state index is 0.449. The Kier molecular flexibility index (Phi) is 47.3. The molecular weight excluding hydrogens is 669 g/mol. The molecule has 0 radical (unpaired) electrons. The molecule has 0 aromatic carbocycles. The Balaban J connectivity index is 4.73. The summed E-state index contributed by atoms with van der Waals surface area (Å²) in [5.74, 6) is 0.449. The van der Waals surface area contributed by atoms with Crippen molar-refractivity contribution in [1.82, 2.24) is 9.80 Å². The Bertz CT molecular complexity index is 662. The van der Waals surface area contributed by atoms with Gasteiger partial charge in [-0.15, -0.1) is 0 Å². The topological polar surface area (TPSA) is 23.6 Å². The first-order chi connectivity index (χ1) is 27.2. The molecule has 0 rings (SSSR count). The zero-order chi connectivity index (χ0) is 40.0. The number of unbranched alkanes of at least 4 members (excludes halogenated alkanes) is 36. The Morgan fingerprint density at radius 1 is 0.255 bits per heavy atom. The number of rotatable bonds is 48. The summed E-state index contributed by atoms with van der Waals surface area (Å²) in [4.78, 5) is 18.7. The molecule has 0 bridgehead atoms. The van der Waals surface area contributed by atoms with E-state index in [-0.39, 0.29) is 0 Å². The molecule has 0 aromatic heterocycles. The summed E-state index contributed by atoms with van der Waals surface area (Å²) < 4.78 is 0. The second-order valence-corrected chi connectivity index (χ2v) is 18.1. The van der Waals surface area contributed by atoms with Gasteiger partial charge in [-0.05, 0) is 51.7 Å². The van der Waals surface area contributed by atoms with Gasteiger partial charge in [0, 0.05) is 19.5 Å². The molecule has 330 valence electrons. The van der Waals surface area contributed by atoms with Crippen LogP contribution in [0.1, 0.15) is 297 Å². The van der Waals surface area contributed by atoms with E-state index in [1.807, 2.05) is 0 Å². The van der Waals surface area contributed by atoms with Crippen LogP contribution < -0.4 is 0 Å². The summed E-state index contributed by atoms with van der Waals surface area (Å²) in [6.07, 6.45) is 57.2. The van der Waals surface area contributed by atoms with Crippen LogP contribution in [0.5, 0.6) is 0 Å². The molecule has 0 fully saturated rings. The van der Waals surface area contributed by atoms with Gasteiger partial charge in [0.25, 0.3) is 0 Å². The molecule has 0 aromatic rings. The predicted molar refractivity (Wildman–Crippen MR) is 250 cm³/mol. The first-order valence-corrected chi connectivity index (χ1v) is 26.2. The predicted octanol–water partition coefficient (Wildman–Crippen LogP) is 17.6. The quantitative estimate of drug-likeness (QED) is 0.0575. The standard InChI is InChI=1S/C52H106N2O/c1-5-9-13-17-21-25-29-33-37-41-47-53(48-42-38-34-30-26-22-18-14-10-6-2)49-45-46-52(55)54(50-43-39-35-31-27-23-19-15-11-7-3)51-44-40-36-32-28-24-20-16-12-8-4/h5-51H2,1-4H3. The molecule has 0 heterocycles. The van der Waals surface area contributed by atoms with Gasteiger partial charge in [-0.2, -0.15) is 0 Å². The number of carbonyl (C=O) groups is 1. The van der Waals surface area contributed by atoms with Gasteiger partial charge in [-0.25, -0.2) is 0 Å². The number of nitrogens with zero attached hydrogens (tertiary/aromatic N) is 2. The molecule has 0 aliphatic carbocycles. The number of hydrogen-bond acceptors (Lipinski definition) is 2. The summed E-state index contributed by atoms with van der Waals surface area (Å²) in [6, 6.07) is 0. The van der Waals surface area contributed by atoms with Gasteiger partial charge in [0.1, 0.15) is 0 Å². The van der Waals surface area contributed by atoms with E-state index >= 15 is 0 Å². The van der Waals surface area contributed by atoms with Gasteiger partial charge in [0.05, 0.1) is 0 Å². The fourth-order valence-electron chi connectivity index (χ4n) is 8.53. The van der Waals surface area contributed by atoms with Gasteiger partial charge in [-0.3, -0.25) is 4.79 Å². The first-order valence-electron chi connectivity index (χ1n) is 26.2. The first kappa shape index (κ1) is 54.4. The molecule has 3 nitrogen and oxygen atoms in total. The largest absolute Gasteiger partial charge is 0.343 e. The lowest BCUT2D eigenvalue weighted by atomic mass is 10.1. The van der Waals surface area contributed by atoms with Crippen LogP contribution in [0.25, 0.3) is 0 Å².